The molecule has 4 aromatic rings. The molecule has 0 amide bonds. The number of hydrogen-bond donors (Lipinski definition) is 1. The third kappa shape index (κ3) is 3.29. The summed E-state index contributed by atoms with van der Waals surface area (Å²) in [7, 11) is -4.94. The van der Waals surface area contributed by atoms with E-state index in [9.17, 15) is 5.11 Å². The summed E-state index contributed by atoms with van der Waals surface area (Å²) in [5.41, 5.74) is 5.91. The molecule has 7 rings (SSSR count). The predicted molar refractivity (Wildman–Crippen MR) is 97.5 cm³/mol. The second-order valence-electron chi connectivity index (χ2n) is 7.87. The van der Waals surface area contributed by atoms with E-state index in [1.807, 2.05) is 18.7 Å². The lowest BCUT2D eigenvalue weighted by Gasteiger charge is -2.48. The number of nitrogens with zero attached hydrogens (tertiary/aromatic N) is 1. The van der Waals surface area contributed by atoms with Crippen molar-refractivity contribution in [1.29, 1.82) is 0 Å². The molecule has 2 aliphatic heterocycles. The number of fused-ring (bicyclic) bond motifs is 1. The Bertz CT molecular complexity index is 1190. The van der Waals surface area contributed by atoms with E-state index in [0.29, 0.717) is 5.75 Å². The van der Waals surface area contributed by atoms with Gasteiger partial charge in [-0.15, -0.1) is 10.2 Å². The first-order valence-corrected chi connectivity index (χ1v) is 11.0. The quantitative estimate of drug-likeness (QED) is 0.403. The van der Waals surface area contributed by atoms with Gasteiger partial charge in [-0.25, -0.2) is 18.6 Å². The van der Waals surface area contributed by atoms with Gasteiger partial charge in [0.05, 0.1) is 36.4 Å². The van der Waals surface area contributed by atoms with E-state index in [1.165, 1.54) is 16.8 Å². The molecule has 0 radical (unpaired) electrons. The van der Waals surface area contributed by atoms with E-state index in [2.05, 4.69) is 47.0 Å². The summed E-state index contributed by atoms with van der Waals surface area (Å²) in [6, 6.07) is 16.8. The van der Waals surface area contributed by atoms with Gasteiger partial charge in [0.25, 0.3) is 0 Å². The van der Waals surface area contributed by atoms with Crippen LogP contribution < -0.4 is 23.2 Å². The first kappa shape index (κ1) is 20.7. The Kier molecular flexibility index (Phi) is 4.85. The van der Waals surface area contributed by atoms with Gasteiger partial charge in [0.1, 0.15) is 0 Å². The maximum atomic E-state index is 10.1. The molecule has 0 fully saturated rings. The molecule has 1 N–H and O–H groups in total. The minimum atomic E-state index is -4.94. The first-order valence-electron chi connectivity index (χ1n) is 9.79. The largest absolute Gasteiger partial charge is 0.503 e. The molecule has 0 spiro atoms. The lowest BCUT2D eigenvalue weighted by molar-refractivity contribution is -2.00. The maximum Gasteiger partial charge on any atom is 0.211 e. The molecule has 5 heterocycles. The van der Waals surface area contributed by atoms with Gasteiger partial charge in [0.2, 0.25) is 6.20 Å². The van der Waals surface area contributed by atoms with Crippen LogP contribution in [0.4, 0.5) is 0 Å². The number of aromatic nitrogens is 1. The zero-order chi connectivity index (χ0) is 22.5. The normalized spacial score (nSPS) is 20.1. The van der Waals surface area contributed by atoms with Crippen LogP contribution in [0.25, 0.3) is 0 Å². The smallest absolute Gasteiger partial charge is 0.211 e. The van der Waals surface area contributed by atoms with Crippen LogP contribution in [0.1, 0.15) is 46.3 Å². The molecule has 1 aliphatic carbocycles. The molecular weight excluding hydrogens is 438 g/mol. The van der Waals surface area contributed by atoms with Crippen molar-refractivity contribution >= 4 is 0 Å². The van der Waals surface area contributed by atoms with Gasteiger partial charge in [0, 0.05) is 29.2 Å². The molecule has 3 aliphatic rings. The van der Waals surface area contributed by atoms with Crippen molar-refractivity contribution in [2.45, 2.75) is 23.8 Å². The van der Waals surface area contributed by atoms with Crippen LogP contribution >= 0.6 is 0 Å². The van der Waals surface area contributed by atoms with E-state index < -0.39 is 10.2 Å². The lowest BCUT2D eigenvalue weighted by Crippen LogP contribution is -2.68. The third-order valence-electron chi connectivity index (χ3n) is 6.37. The van der Waals surface area contributed by atoms with Crippen LogP contribution in [0.5, 0.6) is 5.75 Å². The van der Waals surface area contributed by atoms with Gasteiger partial charge in [0.15, 0.2) is 17.5 Å². The highest BCUT2D eigenvalue weighted by atomic mass is 35.7. The molecule has 2 bridgehead atoms. The lowest BCUT2D eigenvalue weighted by atomic mass is 9.54. The highest BCUT2D eigenvalue weighted by Crippen LogP contribution is 2.59. The van der Waals surface area contributed by atoms with Crippen molar-refractivity contribution in [3.8, 4) is 5.75 Å². The molecule has 1 aromatic carbocycles. The summed E-state index contributed by atoms with van der Waals surface area (Å²) in [6.45, 7) is 0. The summed E-state index contributed by atoms with van der Waals surface area (Å²) in [6.07, 6.45) is 9.96. The number of benzene rings is 1. The monoisotopic (exact) mass is 455 g/mol. The zero-order valence-electron chi connectivity index (χ0n) is 16.6. The summed E-state index contributed by atoms with van der Waals surface area (Å²) in [5, 5.41) is 10.1. The van der Waals surface area contributed by atoms with Crippen molar-refractivity contribution in [3.63, 3.8) is 0 Å². The average molecular weight is 456 g/mol. The van der Waals surface area contributed by atoms with E-state index >= 15 is 0 Å². The second-order valence-corrected chi connectivity index (χ2v) is 8.63. The Labute approximate surface area is 185 Å². The van der Waals surface area contributed by atoms with Crippen LogP contribution in [-0.4, -0.2) is 5.11 Å². The van der Waals surface area contributed by atoms with Crippen molar-refractivity contribution in [2.75, 3.05) is 0 Å². The summed E-state index contributed by atoms with van der Waals surface area (Å²) in [5.74, 6) is 0.399. The van der Waals surface area contributed by atoms with Crippen LogP contribution in [0.15, 0.2) is 88.6 Å². The van der Waals surface area contributed by atoms with E-state index in [-0.39, 0.29) is 17.4 Å². The Hall–Kier alpha value is -3.14. The zero-order valence-corrected chi connectivity index (χ0v) is 17.3. The van der Waals surface area contributed by atoms with Crippen molar-refractivity contribution < 1.29 is 47.4 Å². The standard InChI is InChI=1S/C23H17NO3.ClHO4/c25-17-5-6-20-22-19-4-2-1-3-18(19)21(24(20)12-17)11-23(22,15-7-9-26-13-15)16-8-10-27-14-16;2-1(3,4)5/h1-10,12-14,21-22H,11H2;(H,2,3,4,5). The molecule has 2 atom stereocenters. The molecule has 9 heteroatoms. The van der Waals surface area contributed by atoms with Crippen LogP contribution in [0.3, 0.4) is 0 Å². The number of pyridine rings is 1. The van der Waals surface area contributed by atoms with Crippen LogP contribution in [0.2, 0.25) is 0 Å². The maximum absolute atomic E-state index is 10.1. The van der Waals surface area contributed by atoms with E-state index in [1.54, 1.807) is 18.6 Å². The Morgan fingerprint density at radius 3 is 2.03 bits per heavy atom. The average Bonchev–Trinajstić information content (AvgIpc) is 3.47. The number of rotatable bonds is 2. The molecular formula is C23H18ClNO7. The third-order valence-corrected chi connectivity index (χ3v) is 6.37. The van der Waals surface area contributed by atoms with Gasteiger partial charge in [-0.05, 0) is 23.8 Å². The minimum absolute atomic E-state index is 0.106. The van der Waals surface area contributed by atoms with Gasteiger partial charge in [-0.1, -0.05) is 24.3 Å². The van der Waals surface area contributed by atoms with E-state index in [4.69, 9.17) is 27.5 Å². The fourth-order valence-corrected chi connectivity index (χ4v) is 5.34. The van der Waals surface area contributed by atoms with Crippen molar-refractivity contribution in [3.05, 3.63) is 108 Å². The van der Waals surface area contributed by atoms with Gasteiger partial charge in [-0.3, -0.25) is 0 Å². The second kappa shape index (κ2) is 7.47. The number of halogens is 1. The summed E-state index contributed by atoms with van der Waals surface area (Å²) in [4.78, 5) is 0. The van der Waals surface area contributed by atoms with Crippen LogP contribution in [-0.2, 0) is 5.41 Å². The first-order chi connectivity index (χ1) is 15.3. The minimum Gasteiger partial charge on any atom is -0.503 e. The molecule has 0 saturated heterocycles. The predicted octanol–water partition coefficient (Wildman–Crippen LogP) is -0.466. The molecule has 8 nitrogen and oxygen atoms in total. The molecule has 32 heavy (non-hydrogen) atoms. The fourth-order valence-electron chi connectivity index (χ4n) is 5.34. The molecule has 3 aromatic heterocycles. The van der Waals surface area contributed by atoms with Gasteiger partial charge < -0.3 is 13.9 Å². The van der Waals surface area contributed by atoms with Gasteiger partial charge >= 0.3 is 0 Å². The topological polar surface area (TPSA) is 143 Å². The van der Waals surface area contributed by atoms with E-state index in [0.717, 1.165) is 17.5 Å². The molecule has 2 unspecified atom stereocenters. The Morgan fingerprint density at radius 2 is 1.47 bits per heavy atom. The van der Waals surface area contributed by atoms with Gasteiger partial charge in [-0.2, -0.15) is 4.57 Å². The van der Waals surface area contributed by atoms with Crippen molar-refractivity contribution in [2.24, 2.45) is 0 Å². The number of furan rings is 2. The fraction of sp³-hybridized carbons (Fsp3) is 0.174. The highest BCUT2D eigenvalue weighted by molar-refractivity contribution is 5.54. The highest BCUT2D eigenvalue weighted by Gasteiger charge is 2.60. The Balaban J connectivity index is 0.000000393. The molecule has 0 saturated carbocycles. The summed E-state index contributed by atoms with van der Waals surface area (Å²) < 4.78 is 47.2. The Morgan fingerprint density at radius 1 is 0.875 bits per heavy atom. The SMILES string of the molecule is Oc1ccc2[n+](c1)C1CC(c3ccoc3)(c3ccoc3)C2c2ccccc21.[O-][Cl+3]([O-])([O-])[O-]. The number of hydrogen-bond acceptors (Lipinski definition) is 7. The molecule has 164 valence electrons. The van der Waals surface area contributed by atoms with Crippen LogP contribution in [0, 0.1) is 10.2 Å². The van der Waals surface area contributed by atoms with Crippen molar-refractivity contribution in [1.82, 2.24) is 0 Å². The summed E-state index contributed by atoms with van der Waals surface area (Å²) >= 11 is 0. The number of aromatic hydroxyl groups is 1.